The number of nitrogens with zero attached hydrogens (tertiary/aromatic N) is 1. The van der Waals surface area contributed by atoms with E-state index in [-0.39, 0.29) is 16.6 Å². The molecule has 5 nitrogen and oxygen atoms in total. The van der Waals surface area contributed by atoms with Crippen molar-refractivity contribution in [3.63, 3.8) is 0 Å². The second-order valence-corrected chi connectivity index (χ2v) is 5.74. The smallest absolute Gasteiger partial charge is 0.258 e. The average molecular weight is 400 g/mol. The normalized spacial score (nSPS) is 10.3. The molecule has 0 unspecified atom stereocenters. The molecule has 0 atom stereocenters. The first-order chi connectivity index (χ1) is 11.0. The van der Waals surface area contributed by atoms with E-state index < -0.39 is 0 Å². The van der Waals surface area contributed by atoms with Crippen molar-refractivity contribution in [3.8, 4) is 11.5 Å². The summed E-state index contributed by atoms with van der Waals surface area (Å²) in [6, 6.07) is 6.87. The van der Waals surface area contributed by atoms with Crippen LogP contribution in [-0.4, -0.2) is 24.1 Å². The Bertz CT molecular complexity index is 710. The number of benzene rings is 1. The summed E-state index contributed by atoms with van der Waals surface area (Å²) >= 11 is 9.27. The molecular weight excluding hydrogens is 384 g/mol. The van der Waals surface area contributed by atoms with E-state index in [4.69, 9.17) is 21.1 Å². The van der Waals surface area contributed by atoms with Gasteiger partial charge in [0.2, 0.25) is 0 Å². The van der Waals surface area contributed by atoms with Crippen LogP contribution in [-0.2, 0) is 0 Å². The highest BCUT2D eigenvalue weighted by molar-refractivity contribution is 9.10. The zero-order chi connectivity index (χ0) is 16.8. The van der Waals surface area contributed by atoms with E-state index in [1.165, 1.54) is 6.20 Å². The molecule has 1 amide bonds. The molecule has 1 heterocycles. The van der Waals surface area contributed by atoms with Crippen LogP contribution in [0.5, 0.6) is 11.5 Å². The number of carbonyl (C=O) groups is 1. The van der Waals surface area contributed by atoms with Gasteiger partial charge in [-0.3, -0.25) is 4.79 Å². The van der Waals surface area contributed by atoms with Crippen LogP contribution in [0.15, 0.2) is 34.9 Å². The van der Waals surface area contributed by atoms with Gasteiger partial charge in [0.1, 0.15) is 16.7 Å². The number of rotatable bonds is 6. The van der Waals surface area contributed by atoms with Crippen molar-refractivity contribution in [3.05, 3.63) is 45.7 Å². The molecule has 1 aromatic heterocycles. The van der Waals surface area contributed by atoms with E-state index in [9.17, 15) is 4.79 Å². The van der Waals surface area contributed by atoms with Gasteiger partial charge in [-0.25, -0.2) is 4.98 Å². The average Bonchev–Trinajstić information content (AvgIpc) is 2.52. The van der Waals surface area contributed by atoms with Gasteiger partial charge in [-0.1, -0.05) is 11.6 Å². The number of aromatic nitrogens is 1. The monoisotopic (exact) mass is 398 g/mol. The van der Waals surface area contributed by atoms with E-state index in [1.54, 1.807) is 24.3 Å². The third-order valence-electron chi connectivity index (χ3n) is 2.86. The summed E-state index contributed by atoms with van der Waals surface area (Å²) in [5.41, 5.74) is 0.782. The van der Waals surface area contributed by atoms with Crippen LogP contribution in [0.2, 0.25) is 5.15 Å². The number of pyridine rings is 1. The van der Waals surface area contributed by atoms with Crippen LogP contribution in [0.25, 0.3) is 0 Å². The van der Waals surface area contributed by atoms with Crippen molar-refractivity contribution >= 4 is 39.1 Å². The molecular formula is C16H16BrClN2O3. The van der Waals surface area contributed by atoms with E-state index in [0.29, 0.717) is 34.9 Å². The van der Waals surface area contributed by atoms with Crippen molar-refractivity contribution in [2.24, 2.45) is 0 Å². The van der Waals surface area contributed by atoms with E-state index >= 15 is 0 Å². The van der Waals surface area contributed by atoms with E-state index in [0.717, 1.165) is 0 Å². The summed E-state index contributed by atoms with van der Waals surface area (Å²) in [5.74, 6) is 0.825. The predicted octanol–water partition coefficient (Wildman–Crippen LogP) is 4.55. The lowest BCUT2D eigenvalue weighted by atomic mass is 10.2. The highest BCUT2D eigenvalue weighted by Gasteiger charge is 2.15. The SMILES string of the molecule is CCOc1ccc(OCC)c(NC(=O)c2cc(Br)cnc2Cl)c1. The quantitative estimate of drug-likeness (QED) is 0.724. The van der Waals surface area contributed by atoms with Crippen molar-refractivity contribution in [2.45, 2.75) is 13.8 Å². The fraction of sp³-hybridized carbons (Fsp3) is 0.250. The molecule has 0 spiro atoms. The second kappa shape index (κ2) is 8.17. The molecule has 0 saturated carbocycles. The Hall–Kier alpha value is -1.79. The minimum absolute atomic E-state index is 0.129. The van der Waals surface area contributed by atoms with Crippen molar-refractivity contribution < 1.29 is 14.3 Å². The Morgan fingerprint density at radius 1 is 1.26 bits per heavy atom. The Kier molecular flexibility index (Phi) is 6.24. The van der Waals surface area contributed by atoms with E-state index in [1.807, 2.05) is 13.8 Å². The van der Waals surface area contributed by atoms with Crippen LogP contribution in [0, 0.1) is 0 Å². The van der Waals surface area contributed by atoms with Gasteiger partial charge in [-0.2, -0.15) is 0 Å². The van der Waals surface area contributed by atoms with Crippen molar-refractivity contribution in [2.75, 3.05) is 18.5 Å². The summed E-state index contributed by atoms with van der Waals surface area (Å²) in [4.78, 5) is 16.4. The van der Waals surface area contributed by atoms with Gasteiger partial charge in [0.05, 0.1) is 24.5 Å². The minimum atomic E-state index is -0.376. The summed E-state index contributed by atoms with van der Waals surface area (Å²) < 4.78 is 11.7. The summed E-state index contributed by atoms with van der Waals surface area (Å²) in [5, 5.41) is 2.92. The molecule has 23 heavy (non-hydrogen) atoms. The first kappa shape index (κ1) is 17.6. The number of anilines is 1. The summed E-state index contributed by atoms with van der Waals surface area (Å²) in [6.07, 6.45) is 1.53. The number of amides is 1. The first-order valence-electron chi connectivity index (χ1n) is 7.07. The molecule has 0 aliphatic carbocycles. The molecule has 2 rings (SSSR count). The highest BCUT2D eigenvalue weighted by atomic mass is 79.9. The molecule has 0 aliphatic rings. The lowest BCUT2D eigenvalue weighted by Gasteiger charge is -2.14. The number of carbonyl (C=O) groups excluding carboxylic acids is 1. The lowest BCUT2D eigenvalue weighted by Crippen LogP contribution is -2.14. The number of halogens is 2. The van der Waals surface area contributed by atoms with Crippen LogP contribution < -0.4 is 14.8 Å². The topological polar surface area (TPSA) is 60.5 Å². The van der Waals surface area contributed by atoms with Gasteiger partial charge in [0, 0.05) is 16.7 Å². The standard InChI is InChI=1S/C16H16BrClN2O3/c1-3-22-11-5-6-14(23-4-2)13(8-11)20-16(21)12-7-10(17)9-19-15(12)18/h5-9H,3-4H2,1-2H3,(H,20,21). The fourth-order valence-electron chi connectivity index (χ4n) is 1.92. The van der Waals surface area contributed by atoms with Gasteiger partial charge < -0.3 is 14.8 Å². The maximum absolute atomic E-state index is 12.5. The molecule has 1 N–H and O–H groups in total. The largest absolute Gasteiger partial charge is 0.494 e. The Balaban J connectivity index is 2.31. The molecule has 122 valence electrons. The molecule has 2 aromatic rings. The summed E-state index contributed by atoms with van der Waals surface area (Å²) in [6.45, 7) is 4.78. The molecule has 1 aromatic carbocycles. The third-order valence-corrected chi connectivity index (χ3v) is 3.60. The first-order valence-corrected chi connectivity index (χ1v) is 8.24. The molecule has 0 fully saturated rings. The molecule has 0 saturated heterocycles. The highest BCUT2D eigenvalue weighted by Crippen LogP contribution is 2.30. The zero-order valence-electron chi connectivity index (χ0n) is 12.7. The number of ether oxygens (including phenoxy) is 2. The number of hydrogen-bond acceptors (Lipinski definition) is 4. The Morgan fingerprint density at radius 2 is 2.00 bits per heavy atom. The predicted molar refractivity (Wildman–Crippen MR) is 93.7 cm³/mol. The van der Waals surface area contributed by atoms with Gasteiger partial charge in [-0.05, 0) is 48.0 Å². The van der Waals surface area contributed by atoms with E-state index in [2.05, 4.69) is 26.2 Å². The van der Waals surface area contributed by atoms with Gasteiger partial charge >= 0.3 is 0 Å². The van der Waals surface area contributed by atoms with Crippen LogP contribution in [0.4, 0.5) is 5.69 Å². The number of nitrogens with one attached hydrogen (secondary N) is 1. The summed E-state index contributed by atoms with van der Waals surface area (Å²) in [7, 11) is 0. The lowest BCUT2D eigenvalue weighted by molar-refractivity contribution is 0.102. The van der Waals surface area contributed by atoms with Crippen LogP contribution >= 0.6 is 27.5 Å². The molecule has 0 aliphatic heterocycles. The number of hydrogen-bond donors (Lipinski definition) is 1. The third kappa shape index (κ3) is 4.59. The van der Waals surface area contributed by atoms with Gasteiger partial charge in [-0.15, -0.1) is 0 Å². The zero-order valence-corrected chi connectivity index (χ0v) is 15.1. The fourth-order valence-corrected chi connectivity index (χ4v) is 2.44. The Labute approximate surface area is 148 Å². The van der Waals surface area contributed by atoms with Crippen LogP contribution in [0.1, 0.15) is 24.2 Å². The molecule has 0 radical (unpaired) electrons. The van der Waals surface area contributed by atoms with Crippen molar-refractivity contribution in [1.29, 1.82) is 0 Å². The van der Waals surface area contributed by atoms with Gasteiger partial charge in [0.15, 0.2) is 0 Å². The van der Waals surface area contributed by atoms with Crippen LogP contribution in [0.3, 0.4) is 0 Å². The maximum Gasteiger partial charge on any atom is 0.258 e. The van der Waals surface area contributed by atoms with Crippen molar-refractivity contribution in [1.82, 2.24) is 4.98 Å². The second-order valence-electron chi connectivity index (χ2n) is 4.47. The minimum Gasteiger partial charge on any atom is -0.494 e. The Morgan fingerprint density at radius 3 is 2.70 bits per heavy atom. The molecule has 0 bridgehead atoms. The molecule has 7 heteroatoms. The maximum atomic E-state index is 12.5. The van der Waals surface area contributed by atoms with Gasteiger partial charge in [0.25, 0.3) is 5.91 Å².